The molecule has 2 nitrogen and oxygen atoms in total. The van der Waals surface area contributed by atoms with Gasteiger partial charge in [-0.05, 0) is 49.7 Å². The summed E-state index contributed by atoms with van der Waals surface area (Å²) >= 11 is 9.26. The van der Waals surface area contributed by atoms with Gasteiger partial charge in [-0.2, -0.15) is 0 Å². The Morgan fingerprint density at radius 1 is 1.15 bits per heavy atom. The molecule has 0 aliphatic rings. The Morgan fingerprint density at radius 3 is 2.40 bits per heavy atom. The summed E-state index contributed by atoms with van der Waals surface area (Å²) in [5, 5.41) is 3.72. The SMILES string of the molecule is CC(C)(NC(=O)c1cccc(Br)c1)c1ccc(Cl)cc1. The van der Waals surface area contributed by atoms with Crippen LogP contribution in [0.15, 0.2) is 53.0 Å². The molecule has 0 saturated heterocycles. The quantitative estimate of drug-likeness (QED) is 0.847. The Kier molecular flexibility index (Phi) is 4.51. The summed E-state index contributed by atoms with van der Waals surface area (Å²) in [7, 11) is 0. The summed E-state index contributed by atoms with van der Waals surface area (Å²) < 4.78 is 0.884. The number of rotatable bonds is 3. The third-order valence-corrected chi connectivity index (χ3v) is 3.82. The van der Waals surface area contributed by atoms with Crippen molar-refractivity contribution in [3.05, 3.63) is 69.2 Å². The summed E-state index contributed by atoms with van der Waals surface area (Å²) in [5.41, 5.74) is 1.16. The molecule has 0 atom stereocenters. The van der Waals surface area contributed by atoms with Crippen molar-refractivity contribution < 1.29 is 4.79 Å². The van der Waals surface area contributed by atoms with Crippen molar-refractivity contribution in [2.45, 2.75) is 19.4 Å². The van der Waals surface area contributed by atoms with Crippen LogP contribution in [-0.2, 0) is 5.54 Å². The predicted molar refractivity (Wildman–Crippen MR) is 86.1 cm³/mol. The van der Waals surface area contributed by atoms with E-state index >= 15 is 0 Å². The Morgan fingerprint density at radius 2 is 1.80 bits per heavy atom. The minimum atomic E-state index is -0.468. The lowest BCUT2D eigenvalue weighted by Crippen LogP contribution is -2.40. The van der Waals surface area contributed by atoms with Gasteiger partial charge in [0.25, 0.3) is 5.91 Å². The lowest BCUT2D eigenvalue weighted by atomic mass is 9.94. The number of nitrogens with one attached hydrogen (secondary N) is 1. The zero-order valence-corrected chi connectivity index (χ0v) is 13.6. The molecule has 20 heavy (non-hydrogen) atoms. The van der Waals surface area contributed by atoms with E-state index in [4.69, 9.17) is 11.6 Å². The minimum Gasteiger partial charge on any atom is -0.343 e. The Bertz CT molecular complexity index is 623. The van der Waals surface area contributed by atoms with Gasteiger partial charge in [0, 0.05) is 15.1 Å². The molecule has 2 aromatic rings. The minimum absolute atomic E-state index is 0.105. The van der Waals surface area contributed by atoms with E-state index in [1.165, 1.54) is 0 Å². The van der Waals surface area contributed by atoms with Crippen LogP contribution in [0.3, 0.4) is 0 Å². The average molecular weight is 353 g/mol. The van der Waals surface area contributed by atoms with Crippen LogP contribution in [0.5, 0.6) is 0 Å². The second kappa shape index (κ2) is 5.98. The topological polar surface area (TPSA) is 29.1 Å². The number of halogens is 2. The highest BCUT2D eigenvalue weighted by Gasteiger charge is 2.23. The van der Waals surface area contributed by atoms with Crippen LogP contribution >= 0.6 is 27.5 Å². The normalized spacial score (nSPS) is 11.2. The van der Waals surface area contributed by atoms with Gasteiger partial charge < -0.3 is 5.32 Å². The van der Waals surface area contributed by atoms with Crippen molar-refractivity contribution >= 4 is 33.4 Å². The van der Waals surface area contributed by atoms with Gasteiger partial charge in [0.15, 0.2) is 0 Å². The molecule has 2 rings (SSSR count). The molecule has 2 aromatic carbocycles. The van der Waals surface area contributed by atoms with Crippen LogP contribution < -0.4 is 5.32 Å². The lowest BCUT2D eigenvalue weighted by Gasteiger charge is -2.27. The van der Waals surface area contributed by atoms with E-state index in [0.29, 0.717) is 10.6 Å². The summed E-state index contributed by atoms with van der Waals surface area (Å²) in [6.45, 7) is 3.93. The number of carbonyl (C=O) groups is 1. The Labute approximate surface area is 132 Å². The van der Waals surface area contributed by atoms with Crippen molar-refractivity contribution in [3.63, 3.8) is 0 Å². The standard InChI is InChI=1S/C16H15BrClNO/c1-16(2,12-6-8-14(18)9-7-12)19-15(20)11-4-3-5-13(17)10-11/h3-10H,1-2H3,(H,19,20). The summed E-state index contributed by atoms with van der Waals surface area (Å²) in [6.07, 6.45) is 0. The molecule has 1 amide bonds. The second-order valence-corrected chi connectivity index (χ2v) is 6.45. The first-order chi connectivity index (χ1) is 9.38. The number of carbonyl (C=O) groups excluding carboxylic acids is 1. The highest BCUT2D eigenvalue weighted by Crippen LogP contribution is 2.23. The molecular weight excluding hydrogens is 338 g/mol. The first kappa shape index (κ1) is 15.1. The molecule has 0 spiro atoms. The molecule has 0 heterocycles. The molecular formula is C16H15BrClNO. The number of benzene rings is 2. The number of hydrogen-bond donors (Lipinski definition) is 1. The average Bonchev–Trinajstić information content (AvgIpc) is 2.38. The van der Waals surface area contributed by atoms with Crippen LogP contribution in [0.4, 0.5) is 0 Å². The molecule has 0 aromatic heterocycles. The maximum absolute atomic E-state index is 12.3. The van der Waals surface area contributed by atoms with E-state index in [-0.39, 0.29) is 5.91 Å². The van der Waals surface area contributed by atoms with Gasteiger partial charge in [0.1, 0.15) is 0 Å². The summed E-state index contributed by atoms with van der Waals surface area (Å²) in [5.74, 6) is -0.105. The number of hydrogen-bond acceptors (Lipinski definition) is 1. The predicted octanol–water partition coefficient (Wildman–Crippen LogP) is 4.77. The molecule has 0 aliphatic heterocycles. The van der Waals surface area contributed by atoms with Gasteiger partial charge in [-0.3, -0.25) is 4.79 Å². The monoisotopic (exact) mass is 351 g/mol. The van der Waals surface area contributed by atoms with Crippen LogP contribution in [0.1, 0.15) is 29.8 Å². The first-order valence-corrected chi connectivity index (χ1v) is 7.40. The summed E-state index contributed by atoms with van der Waals surface area (Å²) in [4.78, 5) is 12.3. The van der Waals surface area contributed by atoms with Crippen molar-refractivity contribution in [1.29, 1.82) is 0 Å². The Balaban J connectivity index is 2.19. The van der Waals surface area contributed by atoms with Crippen molar-refractivity contribution in [1.82, 2.24) is 5.32 Å². The fourth-order valence-corrected chi connectivity index (χ4v) is 2.45. The first-order valence-electron chi connectivity index (χ1n) is 6.22. The second-order valence-electron chi connectivity index (χ2n) is 5.10. The lowest BCUT2D eigenvalue weighted by molar-refractivity contribution is 0.0912. The molecule has 104 valence electrons. The molecule has 0 saturated carbocycles. The molecule has 0 bridgehead atoms. The largest absolute Gasteiger partial charge is 0.343 e. The zero-order chi connectivity index (χ0) is 14.8. The van der Waals surface area contributed by atoms with E-state index in [2.05, 4.69) is 21.2 Å². The maximum Gasteiger partial charge on any atom is 0.251 e. The maximum atomic E-state index is 12.3. The molecule has 0 aliphatic carbocycles. The van der Waals surface area contributed by atoms with Crippen LogP contribution in [0, 0.1) is 0 Å². The van der Waals surface area contributed by atoms with E-state index < -0.39 is 5.54 Å². The van der Waals surface area contributed by atoms with Gasteiger partial charge >= 0.3 is 0 Å². The van der Waals surface area contributed by atoms with Gasteiger partial charge in [-0.1, -0.05) is 45.7 Å². The smallest absolute Gasteiger partial charge is 0.251 e. The molecule has 0 fully saturated rings. The van der Waals surface area contributed by atoms with Crippen LogP contribution in [0.2, 0.25) is 5.02 Å². The fraction of sp³-hybridized carbons (Fsp3) is 0.188. The highest BCUT2D eigenvalue weighted by atomic mass is 79.9. The van der Waals surface area contributed by atoms with Crippen LogP contribution in [-0.4, -0.2) is 5.91 Å². The molecule has 4 heteroatoms. The Hall–Kier alpha value is -1.32. The third-order valence-electron chi connectivity index (χ3n) is 3.08. The van der Waals surface area contributed by atoms with E-state index in [0.717, 1.165) is 10.0 Å². The van der Waals surface area contributed by atoms with E-state index in [9.17, 15) is 4.79 Å². The zero-order valence-electron chi connectivity index (χ0n) is 11.3. The van der Waals surface area contributed by atoms with Crippen molar-refractivity contribution in [2.75, 3.05) is 0 Å². The highest BCUT2D eigenvalue weighted by molar-refractivity contribution is 9.10. The fourth-order valence-electron chi connectivity index (χ4n) is 1.92. The van der Waals surface area contributed by atoms with Gasteiger partial charge in [-0.25, -0.2) is 0 Å². The van der Waals surface area contributed by atoms with Crippen molar-refractivity contribution in [3.8, 4) is 0 Å². The third kappa shape index (κ3) is 3.62. The van der Waals surface area contributed by atoms with E-state index in [1.54, 1.807) is 12.1 Å². The van der Waals surface area contributed by atoms with Gasteiger partial charge in [0.05, 0.1) is 5.54 Å². The molecule has 0 radical (unpaired) electrons. The summed E-state index contributed by atoms with van der Waals surface area (Å²) in [6, 6.07) is 14.8. The molecule has 1 N–H and O–H groups in total. The van der Waals surface area contributed by atoms with Gasteiger partial charge in [-0.15, -0.1) is 0 Å². The van der Waals surface area contributed by atoms with Crippen molar-refractivity contribution in [2.24, 2.45) is 0 Å². The molecule has 0 unspecified atom stereocenters. The van der Waals surface area contributed by atoms with Gasteiger partial charge in [0.2, 0.25) is 0 Å². The number of amides is 1. The van der Waals surface area contributed by atoms with Crippen LogP contribution in [0.25, 0.3) is 0 Å². The van der Waals surface area contributed by atoms with E-state index in [1.807, 2.05) is 50.2 Å².